The third-order valence-electron chi connectivity index (χ3n) is 10.2. The Labute approximate surface area is 292 Å². The van der Waals surface area contributed by atoms with Crippen molar-refractivity contribution < 1.29 is 5.11 Å². The van der Waals surface area contributed by atoms with E-state index in [4.69, 9.17) is 9.97 Å². The summed E-state index contributed by atoms with van der Waals surface area (Å²) < 4.78 is 0. The van der Waals surface area contributed by atoms with Crippen LogP contribution in [0.4, 0.5) is 0 Å². The number of fused-ring (bicyclic) bond motifs is 4. The summed E-state index contributed by atoms with van der Waals surface area (Å²) in [7, 11) is 0. The van der Waals surface area contributed by atoms with Gasteiger partial charge in [-0.1, -0.05) is 129 Å². The molecule has 2 heterocycles. The Hall–Kier alpha value is -6.32. The first-order valence-corrected chi connectivity index (χ1v) is 17.0. The zero-order valence-electron chi connectivity index (χ0n) is 27.9. The minimum Gasteiger partial charge on any atom is -0.508 e. The highest BCUT2D eigenvalue weighted by atomic mass is 16.3. The molecule has 0 fully saturated rings. The van der Waals surface area contributed by atoms with Gasteiger partial charge in [0.15, 0.2) is 0 Å². The number of hydrogen-bond donors (Lipinski definition) is 1. The quantitative estimate of drug-likeness (QED) is 0.203. The topological polar surface area (TPSA) is 46.0 Å². The van der Waals surface area contributed by atoms with E-state index in [2.05, 4.69) is 141 Å². The maximum atomic E-state index is 10.3. The number of pyridine rings is 2. The number of aromatic hydroxyl groups is 1. The van der Waals surface area contributed by atoms with Crippen LogP contribution in [0.25, 0.3) is 77.9 Å². The molecule has 0 atom stereocenters. The molecule has 0 amide bonds. The van der Waals surface area contributed by atoms with Gasteiger partial charge in [0.2, 0.25) is 0 Å². The van der Waals surface area contributed by atoms with Crippen molar-refractivity contribution >= 4 is 10.8 Å². The Morgan fingerprint density at radius 2 is 1.14 bits per heavy atom. The van der Waals surface area contributed by atoms with Crippen molar-refractivity contribution in [3.63, 3.8) is 0 Å². The predicted molar refractivity (Wildman–Crippen MR) is 206 cm³/mol. The van der Waals surface area contributed by atoms with Gasteiger partial charge < -0.3 is 5.11 Å². The van der Waals surface area contributed by atoms with E-state index in [1.807, 2.05) is 30.5 Å². The van der Waals surface area contributed by atoms with Crippen molar-refractivity contribution in [2.24, 2.45) is 0 Å². The molecule has 0 radical (unpaired) electrons. The van der Waals surface area contributed by atoms with Crippen molar-refractivity contribution in [1.29, 1.82) is 0 Å². The molecule has 0 unspecified atom stereocenters. The third kappa shape index (κ3) is 5.07. The average Bonchev–Trinajstić information content (AvgIpc) is 3.39. The van der Waals surface area contributed by atoms with E-state index in [0.717, 1.165) is 56.0 Å². The van der Waals surface area contributed by atoms with Crippen molar-refractivity contribution in [3.05, 3.63) is 175 Å². The van der Waals surface area contributed by atoms with Gasteiger partial charge in [-0.2, -0.15) is 0 Å². The normalized spacial score (nSPS) is 12.8. The summed E-state index contributed by atoms with van der Waals surface area (Å²) in [5, 5.41) is 12.7. The highest BCUT2D eigenvalue weighted by Crippen LogP contribution is 2.51. The number of aromatic nitrogens is 2. The van der Waals surface area contributed by atoms with Gasteiger partial charge in [0.05, 0.1) is 17.1 Å². The van der Waals surface area contributed by atoms with Gasteiger partial charge in [0.1, 0.15) is 5.75 Å². The Bertz CT molecular complexity index is 2570. The van der Waals surface area contributed by atoms with E-state index in [9.17, 15) is 5.11 Å². The molecular formula is C47H34N2O. The van der Waals surface area contributed by atoms with E-state index >= 15 is 0 Å². The fourth-order valence-corrected chi connectivity index (χ4v) is 7.55. The molecule has 1 N–H and O–H groups in total. The van der Waals surface area contributed by atoms with E-state index in [0.29, 0.717) is 5.75 Å². The van der Waals surface area contributed by atoms with Crippen LogP contribution in [0.5, 0.6) is 5.75 Å². The molecule has 6 aromatic carbocycles. The number of phenols is 1. The van der Waals surface area contributed by atoms with Crippen molar-refractivity contribution in [1.82, 2.24) is 9.97 Å². The second kappa shape index (κ2) is 11.7. The Balaban J connectivity index is 1.20. The molecule has 0 saturated heterocycles. The maximum Gasteiger partial charge on any atom is 0.115 e. The highest BCUT2D eigenvalue weighted by Gasteiger charge is 2.36. The molecule has 0 saturated carbocycles. The number of benzene rings is 6. The molecule has 2 aromatic heterocycles. The van der Waals surface area contributed by atoms with Crippen LogP contribution in [0.2, 0.25) is 0 Å². The Morgan fingerprint density at radius 1 is 0.440 bits per heavy atom. The van der Waals surface area contributed by atoms with Crippen molar-refractivity contribution in [3.8, 4) is 72.9 Å². The molecule has 238 valence electrons. The lowest BCUT2D eigenvalue weighted by Crippen LogP contribution is -2.14. The first kappa shape index (κ1) is 29.8. The van der Waals surface area contributed by atoms with E-state index < -0.39 is 0 Å². The smallest absolute Gasteiger partial charge is 0.115 e. The van der Waals surface area contributed by atoms with Crippen LogP contribution >= 0.6 is 0 Å². The SMILES string of the molecule is CC1(C)c2ccc(-c3cccnc3-c3cc(-c4ccc5ccccc5c4)cc(-c4ccc(-c5ccccc5)cc4)n3)cc2-c2ccc(O)cc21. The fraction of sp³-hybridized carbons (Fsp3) is 0.0638. The molecule has 9 rings (SSSR count). The molecule has 3 heteroatoms. The van der Waals surface area contributed by atoms with Crippen LogP contribution in [0, 0.1) is 0 Å². The first-order chi connectivity index (χ1) is 24.4. The number of rotatable bonds is 5. The van der Waals surface area contributed by atoms with Crippen LogP contribution in [-0.4, -0.2) is 15.1 Å². The molecular weight excluding hydrogens is 609 g/mol. The minimum atomic E-state index is -0.208. The number of nitrogens with zero attached hydrogens (tertiary/aromatic N) is 2. The van der Waals surface area contributed by atoms with Crippen LogP contribution in [-0.2, 0) is 5.41 Å². The fourth-order valence-electron chi connectivity index (χ4n) is 7.55. The molecule has 1 aliphatic carbocycles. The Morgan fingerprint density at radius 3 is 1.98 bits per heavy atom. The minimum absolute atomic E-state index is 0.208. The van der Waals surface area contributed by atoms with Gasteiger partial charge in [0.25, 0.3) is 0 Å². The second-order valence-electron chi connectivity index (χ2n) is 13.6. The third-order valence-corrected chi connectivity index (χ3v) is 10.2. The summed E-state index contributed by atoms with van der Waals surface area (Å²) in [6, 6.07) is 55.2. The molecule has 0 spiro atoms. The average molecular weight is 643 g/mol. The Kier molecular flexibility index (Phi) is 6.96. The summed E-state index contributed by atoms with van der Waals surface area (Å²) >= 11 is 0. The molecule has 0 bridgehead atoms. The predicted octanol–water partition coefficient (Wildman–Crippen LogP) is 12.0. The van der Waals surface area contributed by atoms with Gasteiger partial charge in [-0.15, -0.1) is 0 Å². The summed E-state index contributed by atoms with van der Waals surface area (Å²) in [4.78, 5) is 10.3. The molecule has 50 heavy (non-hydrogen) atoms. The number of phenolic OH excluding ortho intramolecular Hbond substituents is 1. The summed E-state index contributed by atoms with van der Waals surface area (Å²) in [6.07, 6.45) is 1.85. The first-order valence-electron chi connectivity index (χ1n) is 17.0. The summed E-state index contributed by atoms with van der Waals surface area (Å²) in [6.45, 7) is 4.45. The largest absolute Gasteiger partial charge is 0.508 e. The highest BCUT2D eigenvalue weighted by molar-refractivity contribution is 5.91. The zero-order chi connectivity index (χ0) is 33.8. The second-order valence-corrected chi connectivity index (χ2v) is 13.6. The lowest BCUT2D eigenvalue weighted by molar-refractivity contribution is 0.473. The van der Waals surface area contributed by atoms with Gasteiger partial charge in [0, 0.05) is 22.7 Å². The standard InChI is InChI=1S/C47H34N2O/c1-47(2)42-23-20-36(26-41(42)40-22-21-38(50)29-43(40)47)39-13-8-24-48-46(39)45-28-37(35-19-16-31-11-6-7-12-34(31)25-35)27-44(49-45)33-17-14-32(15-18-33)30-9-4-3-5-10-30/h3-29,50H,1-2H3. The van der Waals surface area contributed by atoms with E-state index in [-0.39, 0.29) is 5.41 Å². The van der Waals surface area contributed by atoms with Crippen LogP contribution in [0.3, 0.4) is 0 Å². The monoisotopic (exact) mass is 642 g/mol. The lowest BCUT2D eigenvalue weighted by Gasteiger charge is -2.21. The van der Waals surface area contributed by atoms with Crippen LogP contribution < -0.4 is 0 Å². The van der Waals surface area contributed by atoms with Crippen molar-refractivity contribution in [2.75, 3.05) is 0 Å². The summed E-state index contributed by atoms with van der Waals surface area (Å²) in [5.74, 6) is 0.294. The maximum absolute atomic E-state index is 10.3. The zero-order valence-corrected chi connectivity index (χ0v) is 27.9. The van der Waals surface area contributed by atoms with E-state index in [1.165, 1.54) is 33.0 Å². The number of hydrogen-bond acceptors (Lipinski definition) is 3. The van der Waals surface area contributed by atoms with Crippen LogP contribution in [0.15, 0.2) is 164 Å². The summed E-state index contributed by atoms with van der Waals surface area (Å²) in [5.41, 5.74) is 14.8. The van der Waals surface area contributed by atoms with Crippen LogP contribution in [0.1, 0.15) is 25.0 Å². The molecule has 3 nitrogen and oxygen atoms in total. The van der Waals surface area contributed by atoms with Gasteiger partial charge in [-0.3, -0.25) is 4.98 Å². The van der Waals surface area contributed by atoms with E-state index in [1.54, 1.807) is 6.07 Å². The molecule has 1 aliphatic rings. The van der Waals surface area contributed by atoms with Gasteiger partial charge in [-0.05, 0) is 103 Å². The van der Waals surface area contributed by atoms with Crippen molar-refractivity contribution in [2.45, 2.75) is 19.3 Å². The molecule has 8 aromatic rings. The lowest BCUT2D eigenvalue weighted by atomic mass is 9.82. The van der Waals surface area contributed by atoms with Gasteiger partial charge in [-0.25, -0.2) is 4.98 Å². The van der Waals surface area contributed by atoms with Gasteiger partial charge >= 0.3 is 0 Å². The molecule has 0 aliphatic heterocycles.